The first-order valence-corrected chi connectivity index (χ1v) is 9.08. The molecule has 21 heavy (non-hydrogen) atoms. The van der Waals surface area contributed by atoms with Crippen LogP contribution >= 0.6 is 23.5 Å². The summed E-state index contributed by atoms with van der Waals surface area (Å²) in [4.78, 5) is 5.58. The van der Waals surface area contributed by atoms with Crippen molar-refractivity contribution in [1.29, 1.82) is 0 Å². The van der Waals surface area contributed by atoms with Gasteiger partial charge in [0.2, 0.25) is 0 Å². The maximum absolute atomic E-state index is 5.76. The largest absolute Gasteiger partial charge is 0.493 e. The highest BCUT2D eigenvalue weighted by Gasteiger charge is 2.02. The second kappa shape index (κ2) is 9.00. The van der Waals surface area contributed by atoms with Gasteiger partial charge in [0.15, 0.2) is 0 Å². The van der Waals surface area contributed by atoms with Crippen molar-refractivity contribution in [2.24, 2.45) is 0 Å². The Labute approximate surface area is 135 Å². The Kier molecular flexibility index (Phi) is 6.96. The van der Waals surface area contributed by atoms with E-state index in [0.717, 1.165) is 16.5 Å². The third kappa shape index (κ3) is 6.02. The zero-order chi connectivity index (χ0) is 14.9. The number of thioether (sulfide) groups is 2. The lowest BCUT2D eigenvalue weighted by molar-refractivity contribution is 0.343. The van der Waals surface area contributed by atoms with Gasteiger partial charge in [-0.25, -0.2) is 4.98 Å². The SMILES string of the molecule is CCC(C)Sc1ccc(OCCSc2ccccn2)cc1. The summed E-state index contributed by atoms with van der Waals surface area (Å²) in [5, 5.41) is 1.70. The Morgan fingerprint density at radius 3 is 2.62 bits per heavy atom. The molecule has 2 rings (SSSR count). The molecule has 0 aliphatic rings. The molecule has 1 unspecified atom stereocenters. The van der Waals surface area contributed by atoms with Gasteiger partial charge in [0.05, 0.1) is 11.6 Å². The normalized spacial score (nSPS) is 12.1. The zero-order valence-corrected chi connectivity index (χ0v) is 14.1. The smallest absolute Gasteiger partial charge is 0.119 e. The highest BCUT2D eigenvalue weighted by atomic mass is 32.2. The summed E-state index contributed by atoms with van der Waals surface area (Å²) in [7, 11) is 0. The third-order valence-electron chi connectivity index (χ3n) is 2.98. The Morgan fingerprint density at radius 2 is 1.95 bits per heavy atom. The molecule has 0 radical (unpaired) electrons. The van der Waals surface area contributed by atoms with E-state index in [1.807, 2.05) is 36.2 Å². The van der Waals surface area contributed by atoms with Crippen LogP contribution in [-0.4, -0.2) is 22.6 Å². The first-order valence-electron chi connectivity index (χ1n) is 7.21. The van der Waals surface area contributed by atoms with Crippen LogP contribution in [0.5, 0.6) is 5.75 Å². The van der Waals surface area contributed by atoms with E-state index in [4.69, 9.17) is 4.74 Å². The Balaban J connectivity index is 1.71. The standard InChI is InChI=1S/C17H21NOS2/c1-3-14(2)21-16-9-7-15(8-10-16)19-12-13-20-17-6-4-5-11-18-17/h4-11,14H,3,12-13H2,1-2H3. The number of nitrogens with zero attached hydrogens (tertiary/aromatic N) is 1. The molecule has 1 heterocycles. The van der Waals surface area contributed by atoms with Crippen LogP contribution in [0.2, 0.25) is 0 Å². The van der Waals surface area contributed by atoms with E-state index in [-0.39, 0.29) is 0 Å². The van der Waals surface area contributed by atoms with Crippen molar-refractivity contribution in [2.45, 2.75) is 35.4 Å². The third-order valence-corrected chi connectivity index (χ3v) is 5.16. The lowest BCUT2D eigenvalue weighted by Crippen LogP contribution is -2.00. The van der Waals surface area contributed by atoms with Crippen molar-refractivity contribution in [3.05, 3.63) is 48.7 Å². The van der Waals surface area contributed by atoms with Crippen LogP contribution in [0.15, 0.2) is 58.6 Å². The fourth-order valence-corrected chi connectivity index (χ4v) is 3.28. The molecule has 1 atom stereocenters. The lowest BCUT2D eigenvalue weighted by atomic mass is 10.3. The van der Waals surface area contributed by atoms with Gasteiger partial charge in [-0.05, 0) is 42.8 Å². The number of benzene rings is 1. The van der Waals surface area contributed by atoms with E-state index in [2.05, 4.69) is 43.1 Å². The van der Waals surface area contributed by atoms with Crippen LogP contribution < -0.4 is 4.74 Å². The number of pyridine rings is 1. The molecule has 0 fully saturated rings. The van der Waals surface area contributed by atoms with Crippen LogP contribution in [0.25, 0.3) is 0 Å². The average Bonchev–Trinajstić information content (AvgIpc) is 2.54. The van der Waals surface area contributed by atoms with Gasteiger partial charge in [-0.3, -0.25) is 0 Å². The second-order valence-electron chi connectivity index (χ2n) is 4.67. The van der Waals surface area contributed by atoms with E-state index in [0.29, 0.717) is 11.9 Å². The highest BCUT2D eigenvalue weighted by Crippen LogP contribution is 2.26. The van der Waals surface area contributed by atoms with Crippen LogP contribution in [0.3, 0.4) is 0 Å². The van der Waals surface area contributed by atoms with Crippen molar-refractivity contribution in [3.8, 4) is 5.75 Å². The Hall–Kier alpha value is -1.13. The number of hydrogen-bond acceptors (Lipinski definition) is 4. The van der Waals surface area contributed by atoms with Gasteiger partial charge in [0, 0.05) is 22.1 Å². The van der Waals surface area contributed by atoms with E-state index >= 15 is 0 Å². The maximum Gasteiger partial charge on any atom is 0.119 e. The second-order valence-corrected chi connectivity index (χ2v) is 7.30. The monoisotopic (exact) mass is 319 g/mol. The van der Waals surface area contributed by atoms with Gasteiger partial charge < -0.3 is 4.74 Å². The topological polar surface area (TPSA) is 22.1 Å². The number of ether oxygens (including phenoxy) is 1. The van der Waals surface area contributed by atoms with Crippen molar-refractivity contribution < 1.29 is 4.74 Å². The molecule has 0 bridgehead atoms. The number of hydrogen-bond donors (Lipinski definition) is 0. The fraction of sp³-hybridized carbons (Fsp3) is 0.353. The van der Waals surface area contributed by atoms with Crippen LogP contribution in [0, 0.1) is 0 Å². The van der Waals surface area contributed by atoms with Crippen molar-refractivity contribution in [3.63, 3.8) is 0 Å². The van der Waals surface area contributed by atoms with Gasteiger partial charge >= 0.3 is 0 Å². The van der Waals surface area contributed by atoms with Crippen molar-refractivity contribution in [1.82, 2.24) is 4.98 Å². The molecule has 0 saturated carbocycles. The molecule has 2 nitrogen and oxygen atoms in total. The Morgan fingerprint density at radius 1 is 1.14 bits per heavy atom. The highest BCUT2D eigenvalue weighted by molar-refractivity contribution is 8.00. The molecule has 0 saturated heterocycles. The van der Waals surface area contributed by atoms with Gasteiger partial charge in [-0.1, -0.05) is 19.9 Å². The predicted octanol–water partition coefficient (Wildman–Crippen LogP) is 5.14. The number of rotatable bonds is 8. The molecule has 0 amide bonds. The summed E-state index contributed by atoms with van der Waals surface area (Å²) in [5.41, 5.74) is 0. The van der Waals surface area contributed by atoms with E-state index in [9.17, 15) is 0 Å². The molecule has 1 aromatic carbocycles. The molecule has 0 N–H and O–H groups in total. The summed E-state index contributed by atoms with van der Waals surface area (Å²) < 4.78 is 5.76. The summed E-state index contributed by atoms with van der Waals surface area (Å²) in [5.74, 6) is 1.84. The van der Waals surface area contributed by atoms with E-state index in [1.165, 1.54) is 11.3 Å². The minimum absolute atomic E-state index is 0.659. The molecule has 112 valence electrons. The summed E-state index contributed by atoms with van der Waals surface area (Å²) in [6, 6.07) is 14.3. The minimum Gasteiger partial charge on any atom is -0.493 e. The first-order chi connectivity index (χ1) is 10.3. The number of aromatic nitrogens is 1. The summed E-state index contributed by atoms with van der Waals surface area (Å²) >= 11 is 3.62. The van der Waals surface area contributed by atoms with Crippen LogP contribution in [0.1, 0.15) is 20.3 Å². The average molecular weight is 319 g/mol. The fourth-order valence-electron chi connectivity index (χ4n) is 1.67. The first kappa shape index (κ1) is 16.2. The van der Waals surface area contributed by atoms with Crippen molar-refractivity contribution in [2.75, 3.05) is 12.4 Å². The molecule has 0 spiro atoms. The van der Waals surface area contributed by atoms with Crippen molar-refractivity contribution >= 4 is 23.5 Å². The van der Waals surface area contributed by atoms with Gasteiger partial charge in [-0.2, -0.15) is 0 Å². The molecular weight excluding hydrogens is 298 g/mol. The molecule has 4 heteroatoms. The maximum atomic E-state index is 5.76. The van der Waals surface area contributed by atoms with E-state index < -0.39 is 0 Å². The van der Waals surface area contributed by atoms with Gasteiger partial charge in [-0.15, -0.1) is 23.5 Å². The minimum atomic E-state index is 0.659. The zero-order valence-electron chi connectivity index (χ0n) is 12.5. The summed E-state index contributed by atoms with van der Waals surface area (Å²) in [6.45, 7) is 5.16. The summed E-state index contributed by atoms with van der Waals surface area (Å²) in [6.07, 6.45) is 3.00. The molecule has 0 aliphatic heterocycles. The Bertz CT molecular complexity index is 516. The lowest BCUT2D eigenvalue weighted by Gasteiger charge is -2.09. The predicted molar refractivity (Wildman–Crippen MR) is 92.5 cm³/mol. The van der Waals surface area contributed by atoms with Gasteiger partial charge in [0.1, 0.15) is 5.75 Å². The molecule has 1 aromatic heterocycles. The van der Waals surface area contributed by atoms with Crippen LogP contribution in [-0.2, 0) is 0 Å². The quantitative estimate of drug-likeness (QED) is 0.496. The van der Waals surface area contributed by atoms with E-state index in [1.54, 1.807) is 11.8 Å². The van der Waals surface area contributed by atoms with Gasteiger partial charge in [0.25, 0.3) is 0 Å². The molecule has 2 aromatic rings. The van der Waals surface area contributed by atoms with Crippen LogP contribution in [0.4, 0.5) is 0 Å². The molecular formula is C17H21NOS2. The molecule has 0 aliphatic carbocycles.